The molecule has 0 aliphatic carbocycles. The zero-order chi connectivity index (χ0) is 18.1. The van der Waals surface area contributed by atoms with E-state index >= 15 is 0 Å². The highest BCUT2D eigenvalue weighted by molar-refractivity contribution is 5.83. The van der Waals surface area contributed by atoms with Crippen LogP contribution in [0, 0.1) is 0 Å². The van der Waals surface area contributed by atoms with E-state index in [1.54, 1.807) is 0 Å². The maximum atomic E-state index is 12.5. The van der Waals surface area contributed by atoms with Gasteiger partial charge >= 0.3 is 0 Å². The van der Waals surface area contributed by atoms with Crippen LogP contribution in [0.25, 0.3) is 0 Å². The summed E-state index contributed by atoms with van der Waals surface area (Å²) >= 11 is 0. The lowest BCUT2D eigenvalue weighted by Gasteiger charge is -2.20. The van der Waals surface area contributed by atoms with Gasteiger partial charge in [0.05, 0.1) is 25.2 Å². The minimum absolute atomic E-state index is 0.103. The fourth-order valence-electron chi connectivity index (χ4n) is 2.55. The van der Waals surface area contributed by atoms with Crippen molar-refractivity contribution >= 4 is 5.91 Å². The summed E-state index contributed by atoms with van der Waals surface area (Å²) in [5.74, 6) is 0.429. The van der Waals surface area contributed by atoms with Crippen LogP contribution in [0.2, 0.25) is 0 Å². The molecule has 2 atom stereocenters. The molecule has 0 aliphatic rings. The fourth-order valence-corrected chi connectivity index (χ4v) is 2.55. The molecule has 2 aromatic rings. The van der Waals surface area contributed by atoms with Crippen molar-refractivity contribution in [3.63, 3.8) is 0 Å². The average molecular weight is 341 g/mol. The van der Waals surface area contributed by atoms with E-state index in [-0.39, 0.29) is 18.4 Å². The van der Waals surface area contributed by atoms with Gasteiger partial charge in [0.25, 0.3) is 0 Å². The van der Waals surface area contributed by atoms with Crippen LogP contribution in [0.15, 0.2) is 54.6 Å². The Kier molecular flexibility index (Phi) is 7.48. The minimum atomic E-state index is -0.427. The van der Waals surface area contributed by atoms with Crippen LogP contribution < -0.4 is 10.1 Å². The van der Waals surface area contributed by atoms with Gasteiger partial charge in [-0.1, -0.05) is 55.8 Å². The Morgan fingerprint density at radius 1 is 1.08 bits per heavy atom. The highest BCUT2D eigenvalue weighted by atomic mass is 16.5. The van der Waals surface area contributed by atoms with Gasteiger partial charge in [-0.05, 0) is 36.6 Å². The molecule has 0 radical (unpaired) electrons. The Hall–Kier alpha value is -2.33. The van der Waals surface area contributed by atoms with Crippen LogP contribution in [0.5, 0.6) is 5.75 Å². The first-order valence-corrected chi connectivity index (χ1v) is 8.84. The fraction of sp³-hybridized carbons (Fsp3) is 0.381. The molecular formula is C21H27NO3. The van der Waals surface area contributed by atoms with Crippen LogP contribution in [-0.4, -0.2) is 24.2 Å². The van der Waals surface area contributed by atoms with Crippen molar-refractivity contribution in [1.82, 2.24) is 5.32 Å². The molecule has 2 aromatic carbocycles. The van der Waals surface area contributed by atoms with E-state index in [2.05, 4.69) is 12.2 Å². The van der Waals surface area contributed by atoms with Gasteiger partial charge in [0.1, 0.15) is 5.75 Å². The van der Waals surface area contributed by atoms with Crippen LogP contribution in [0.4, 0.5) is 0 Å². The summed E-state index contributed by atoms with van der Waals surface area (Å²) in [6.45, 7) is 4.54. The van der Waals surface area contributed by atoms with E-state index in [4.69, 9.17) is 4.74 Å². The van der Waals surface area contributed by atoms with E-state index in [0.717, 1.165) is 29.7 Å². The van der Waals surface area contributed by atoms with Gasteiger partial charge in [-0.15, -0.1) is 0 Å². The van der Waals surface area contributed by atoms with Crippen LogP contribution in [0.1, 0.15) is 49.8 Å². The average Bonchev–Trinajstić information content (AvgIpc) is 2.67. The maximum Gasteiger partial charge on any atom is 0.227 e. The van der Waals surface area contributed by atoms with Gasteiger partial charge in [-0.3, -0.25) is 4.79 Å². The number of aliphatic hydroxyl groups is 1. The molecule has 0 aromatic heterocycles. The lowest BCUT2D eigenvalue weighted by Crippen LogP contribution is -2.33. The molecule has 0 bridgehead atoms. The van der Waals surface area contributed by atoms with Crippen molar-refractivity contribution < 1.29 is 14.6 Å². The predicted octanol–water partition coefficient (Wildman–Crippen LogP) is 3.82. The number of hydrogen-bond donors (Lipinski definition) is 2. The third kappa shape index (κ3) is 5.61. The van der Waals surface area contributed by atoms with Crippen molar-refractivity contribution in [2.45, 2.75) is 38.6 Å². The molecule has 0 heterocycles. The second-order valence-corrected chi connectivity index (χ2v) is 6.15. The Morgan fingerprint density at radius 2 is 1.76 bits per heavy atom. The van der Waals surface area contributed by atoms with Gasteiger partial charge in [0.15, 0.2) is 0 Å². The number of hydrogen-bond acceptors (Lipinski definition) is 3. The topological polar surface area (TPSA) is 58.6 Å². The third-order valence-corrected chi connectivity index (χ3v) is 4.24. The molecule has 25 heavy (non-hydrogen) atoms. The Labute approximate surface area is 149 Å². The van der Waals surface area contributed by atoms with Crippen molar-refractivity contribution in [2.75, 3.05) is 13.2 Å². The van der Waals surface area contributed by atoms with Crippen LogP contribution in [0.3, 0.4) is 0 Å². The Morgan fingerprint density at radius 3 is 2.36 bits per heavy atom. The number of nitrogens with one attached hydrogen (secondary N) is 1. The van der Waals surface area contributed by atoms with Crippen molar-refractivity contribution in [3.05, 3.63) is 65.7 Å². The molecule has 134 valence electrons. The third-order valence-electron chi connectivity index (χ3n) is 4.24. The van der Waals surface area contributed by atoms with Gasteiger partial charge in [-0.2, -0.15) is 0 Å². The molecule has 2 rings (SSSR count). The summed E-state index contributed by atoms with van der Waals surface area (Å²) in [6.07, 6.45) is 2.12. The SMILES string of the molecule is CCCCOc1ccc([C@H](CO)NC(=O)[C@@H](C)c2ccccc2)cc1. The molecule has 0 saturated carbocycles. The zero-order valence-corrected chi connectivity index (χ0v) is 14.9. The van der Waals surface area contributed by atoms with E-state index in [1.807, 2.05) is 61.5 Å². The molecule has 2 N–H and O–H groups in total. The number of benzene rings is 2. The molecule has 4 nitrogen and oxygen atoms in total. The highest BCUT2D eigenvalue weighted by Gasteiger charge is 2.19. The number of rotatable bonds is 9. The lowest BCUT2D eigenvalue weighted by molar-refractivity contribution is -0.123. The number of carbonyl (C=O) groups excluding carboxylic acids is 1. The first-order chi connectivity index (χ1) is 12.2. The number of amides is 1. The maximum absolute atomic E-state index is 12.5. The second kappa shape index (κ2) is 9.84. The molecule has 4 heteroatoms. The van der Waals surface area contributed by atoms with Crippen LogP contribution in [-0.2, 0) is 4.79 Å². The van der Waals surface area contributed by atoms with Crippen molar-refractivity contribution in [1.29, 1.82) is 0 Å². The molecule has 0 unspecified atom stereocenters. The molecular weight excluding hydrogens is 314 g/mol. The van der Waals surface area contributed by atoms with E-state index < -0.39 is 6.04 Å². The van der Waals surface area contributed by atoms with Crippen molar-refractivity contribution in [3.8, 4) is 5.75 Å². The lowest BCUT2D eigenvalue weighted by atomic mass is 9.99. The molecule has 0 fully saturated rings. The Bertz CT molecular complexity index is 640. The number of unbranched alkanes of at least 4 members (excludes halogenated alkanes) is 1. The molecule has 0 saturated heterocycles. The van der Waals surface area contributed by atoms with E-state index in [1.165, 1.54) is 0 Å². The summed E-state index contributed by atoms with van der Waals surface area (Å²) in [6, 6.07) is 16.7. The molecule has 1 amide bonds. The monoisotopic (exact) mass is 341 g/mol. The number of aliphatic hydroxyl groups excluding tert-OH is 1. The summed E-state index contributed by atoms with van der Waals surface area (Å²) in [4.78, 5) is 12.5. The number of ether oxygens (including phenoxy) is 1. The first-order valence-electron chi connectivity index (χ1n) is 8.84. The molecule has 0 spiro atoms. The van der Waals surface area contributed by atoms with Gasteiger partial charge in [0.2, 0.25) is 5.91 Å². The first kappa shape index (κ1) is 19.0. The van der Waals surface area contributed by atoms with Gasteiger partial charge in [0, 0.05) is 0 Å². The second-order valence-electron chi connectivity index (χ2n) is 6.15. The summed E-state index contributed by atoms with van der Waals surface area (Å²) < 4.78 is 5.64. The summed E-state index contributed by atoms with van der Waals surface area (Å²) in [5, 5.41) is 12.6. The predicted molar refractivity (Wildman–Crippen MR) is 99.7 cm³/mol. The Balaban J connectivity index is 1.98. The van der Waals surface area contributed by atoms with Crippen LogP contribution >= 0.6 is 0 Å². The minimum Gasteiger partial charge on any atom is -0.494 e. The summed E-state index contributed by atoms with van der Waals surface area (Å²) in [5.41, 5.74) is 1.82. The standard InChI is InChI=1S/C21H27NO3/c1-3-4-14-25-19-12-10-18(11-13-19)20(15-23)22-21(24)16(2)17-8-6-5-7-9-17/h5-13,16,20,23H,3-4,14-15H2,1-2H3,(H,22,24)/t16-,20-/m0/s1. The summed E-state index contributed by atoms with van der Waals surface area (Å²) in [7, 11) is 0. The van der Waals surface area contributed by atoms with Gasteiger partial charge in [-0.25, -0.2) is 0 Å². The molecule has 0 aliphatic heterocycles. The highest BCUT2D eigenvalue weighted by Crippen LogP contribution is 2.20. The zero-order valence-electron chi connectivity index (χ0n) is 14.9. The van der Waals surface area contributed by atoms with Gasteiger partial charge < -0.3 is 15.2 Å². The quantitative estimate of drug-likeness (QED) is 0.682. The van der Waals surface area contributed by atoms with E-state index in [0.29, 0.717) is 6.61 Å². The van der Waals surface area contributed by atoms with Crippen molar-refractivity contribution in [2.24, 2.45) is 0 Å². The number of carbonyl (C=O) groups is 1. The normalized spacial score (nSPS) is 13.1. The van der Waals surface area contributed by atoms with E-state index in [9.17, 15) is 9.90 Å². The largest absolute Gasteiger partial charge is 0.494 e. The smallest absolute Gasteiger partial charge is 0.227 e.